The predicted octanol–water partition coefficient (Wildman–Crippen LogP) is 2.14. The van der Waals surface area contributed by atoms with E-state index in [4.69, 9.17) is 4.74 Å². The van der Waals surface area contributed by atoms with Crippen LogP contribution in [-0.2, 0) is 4.74 Å². The minimum Gasteiger partial charge on any atom is -0.374 e. The van der Waals surface area contributed by atoms with Crippen LogP contribution >= 0.6 is 0 Å². The van der Waals surface area contributed by atoms with Gasteiger partial charge in [0, 0.05) is 6.04 Å². The third kappa shape index (κ3) is 2.68. The van der Waals surface area contributed by atoms with E-state index in [2.05, 4.69) is 39.6 Å². The van der Waals surface area contributed by atoms with Crippen LogP contribution in [0.15, 0.2) is 0 Å². The lowest BCUT2D eigenvalue weighted by atomic mass is 9.90. The van der Waals surface area contributed by atoms with Crippen LogP contribution in [0.5, 0.6) is 0 Å². The molecule has 0 bridgehead atoms. The Labute approximate surface area is 82.3 Å². The average molecular weight is 185 g/mol. The molecule has 0 spiro atoms. The Balaban J connectivity index is 2.47. The van der Waals surface area contributed by atoms with Crippen molar-refractivity contribution in [2.75, 3.05) is 13.6 Å². The standard InChI is InChI=1S/C11H23NO/c1-8(2)11(13-9(3)4)10-6-7-12(10)5/h8-11H,6-7H2,1-5H3/t10-,11-/m0/s1. The zero-order valence-corrected chi connectivity index (χ0v) is 9.58. The summed E-state index contributed by atoms with van der Waals surface area (Å²) in [6.07, 6.45) is 2.06. The van der Waals surface area contributed by atoms with Crippen LogP contribution in [0.4, 0.5) is 0 Å². The number of likely N-dealkylation sites (N-methyl/N-ethyl adjacent to an activating group) is 1. The molecule has 1 rings (SSSR count). The van der Waals surface area contributed by atoms with Gasteiger partial charge in [0.15, 0.2) is 0 Å². The first-order valence-electron chi connectivity index (χ1n) is 5.38. The topological polar surface area (TPSA) is 12.5 Å². The summed E-state index contributed by atoms with van der Waals surface area (Å²) in [6, 6.07) is 0.655. The van der Waals surface area contributed by atoms with E-state index < -0.39 is 0 Å². The minimum atomic E-state index is 0.349. The Morgan fingerprint density at radius 3 is 2.08 bits per heavy atom. The molecule has 2 heteroatoms. The first-order valence-corrected chi connectivity index (χ1v) is 5.38. The molecule has 0 aliphatic carbocycles. The van der Waals surface area contributed by atoms with E-state index in [1.807, 2.05) is 0 Å². The van der Waals surface area contributed by atoms with Gasteiger partial charge in [-0.25, -0.2) is 0 Å². The molecule has 1 saturated heterocycles. The zero-order chi connectivity index (χ0) is 10.0. The fourth-order valence-electron chi connectivity index (χ4n) is 1.96. The van der Waals surface area contributed by atoms with Gasteiger partial charge in [-0.05, 0) is 39.8 Å². The van der Waals surface area contributed by atoms with Crippen molar-refractivity contribution in [3.8, 4) is 0 Å². The summed E-state index contributed by atoms with van der Waals surface area (Å²) >= 11 is 0. The second kappa shape index (κ2) is 4.43. The van der Waals surface area contributed by atoms with Gasteiger partial charge in [-0.1, -0.05) is 13.8 Å². The smallest absolute Gasteiger partial charge is 0.0756 e. The van der Waals surface area contributed by atoms with E-state index in [1.54, 1.807) is 0 Å². The van der Waals surface area contributed by atoms with Gasteiger partial charge in [0.1, 0.15) is 0 Å². The van der Waals surface area contributed by atoms with Crippen molar-refractivity contribution in [1.29, 1.82) is 0 Å². The van der Waals surface area contributed by atoms with Gasteiger partial charge >= 0.3 is 0 Å². The largest absolute Gasteiger partial charge is 0.374 e. The van der Waals surface area contributed by atoms with Gasteiger partial charge in [0.05, 0.1) is 12.2 Å². The summed E-state index contributed by atoms with van der Waals surface area (Å²) in [7, 11) is 2.19. The summed E-state index contributed by atoms with van der Waals surface area (Å²) in [6.45, 7) is 9.97. The molecule has 0 aromatic heterocycles. The molecule has 2 atom stereocenters. The van der Waals surface area contributed by atoms with Crippen LogP contribution < -0.4 is 0 Å². The third-order valence-electron chi connectivity index (χ3n) is 2.81. The molecule has 0 aromatic rings. The third-order valence-corrected chi connectivity index (χ3v) is 2.81. The maximum atomic E-state index is 5.94. The fraction of sp³-hybridized carbons (Fsp3) is 1.00. The molecule has 0 amide bonds. The molecule has 0 radical (unpaired) electrons. The molecule has 1 fully saturated rings. The number of rotatable bonds is 4. The molecule has 1 heterocycles. The Morgan fingerprint density at radius 2 is 1.85 bits per heavy atom. The van der Waals surface area contributed by atoms with E-state index in [0.29, 0.717) is 24.2 Å². The van der Waals surface area contributed by atoms with Crippen LogP contribution in [0, 0.1) is 5.92 Å². The first kappa shape index (κ1) is 11.0. The number of hydrogen-bond donors (Lipinski definition) is 0. The second-order valence-electron chi connectivity index (χ2n) is 4.73. The minimum absolute atomic E-state index is 0.349. The van der Waals surface area contributed by atoms with Gasteiger partial charge < -0.3 is 9.64 Å². The van der Waals surface area contributed by atoms with Crippen molar-refractivity contribution >= 4 is 0 Å². The SMILES string of the molecule is CC(C)O[C@@H](C(C)C)[C@@H]1CCN1C. The van der Waals surface area contributed by atoms with Gasteiger partial charge in [0.25, 0.3) is 0 Å². The molecule has 0 N–H and O–H groups in total. The van der Waals surface area contributed by atoms with Crippen molar-refractivity contribution in [3.05, 3.63) is 0 Å². The van der Waals surface area contributed by atoms with Gasteiger partial charge in [-0.15, -0.1) is 0 Å². The Hall–Kier alpha value is -0.0800. The fourth-order valence-corrected chi connectivity index (χ4v) is 1.96. The van der Waals surface area contributed by atoms with Crippen molar-refractivity contribution in [2.24, 2.45) is 5.92 Å². The highest BCUT2D eigenvalue weighted by Crippen LogP contribution is 2.25. The normalized spacial score (nSPS) is 26.5. The van der Waals surface area contributed by atoms with E-state index in [-0.39, 0.29) is 0 Å². The molecule has 2 nitrogen and oxygen atoms in total. The lowest BCUT2D eigenvalue weighted by Crippen LogP contribution is -2.54. The summed E-state index contributed by atoms with van der Waals surface area (Å²) in [5.74, 6) is 0.621. The maximum absolute atomic E-state index is 5.94. The van der Waals surface area contributed by atoms with E-state index in [9.17, 15) is 0 Å². The number of ether oxygens (including phenoxy) is 1. The van der Waals surface area contributed by atoms with E-state index in [0.717, 1.165) is 0 Å². The summed E-state index contributed by atoms with van der Waals surface area (Å²) in [5.41, 5.74) is 0. The molecular weight excluding hydrogens is 162 g/mol. The number of likely N-dealkylation sites (tertiary alicyclic amines) is 1. The van der Waals surface area contributed by atoms with E-state index in [1.165, 1.54) is 13.0 Å². The average Bonchev–Trinajstić information content (AvgIpc) is 1.99. The highest BCUT2D eigenvalue weighted by Gasteiger charge is 2.34. The molecule has 1 aliphatic heterocycles. The number of hydrogen-bond acceptors (Lipinski definition) is 2. The van der Waals surface area contributed by atoms with Crippen LogP contribution in [-0.4, -0.2) is 36.7 Å². The number of nitrogens with zero attached hydrogens (tertiary/aromatic N) is 1. The molecule has 78 valence electrons. The Bertz CT molecular complexity index is 156. The maximum Gasteiger partial charge on any atom is 0.0756 e. The van der Waals surface area contributed by atoms with Crippen LogP contribution in [0.25, 0.3) is 0 Å². The van der Waals surface area contributed by atoms with Gasteiger partial charge in [-0.2, -0.15) is 0 Å². The molecule has 13 heavy (non-hydrogen) atoms. The molecule has 0 aromatic carbocycles. The van der Waals surface area contributed by atoms with Crippen molar-refractivity contribution in [2.45, 2.75) is 52.4 Å². The van der Waals surface area contributed by atoms with Crippen LogP contribution in [0.1, 0.15) is 34.1 Å². The lowest BCUT2D eigenvalue weighted by Gasteiger charge is -2.45. The van der Waals surface area contributed by atoms with Crippen molar-refractivity contribution in [3.63, 3.8) is 0 Å². The summed E-state index contributed by atoms with van der Waals surface area (Å²) < 4.78 is 5.94. The predicted molar refractivity (Wildman–Crippen MR) is 55.9 cm³/mol. The summed E-state index contributed by atoms with van der Waals surface area (Å²) in [4.78, 5) is 2.40. The second-order valence-corrected chi connectivity index (χ2v) is 4.73. The van der Waals surface area contributed by atoms with Gasteiger partial charge in [0.2, 0.25) is 0 Å². The summed E-state index contributed by atoms with van der Waals surface area (Å²) in [5, 5.41) is 0. The molecule has 0 unspecified atom stereocenters. The zero-order valence-electron chi connectivity index (χ0n) is 9.58. The van der Waals surface area contributed by atoms with Crippen LogP contribution in [0.3, 0.4) is 0 Å². The lowest BCUT2D eigenvalue weighted by molar-refractivity contribution is -0.0917. The highest BCUT2D eigenvalue weighted by molar-refractivity contribution is 4.88. The molecule has 0 saturated carbocycles. The Kier molecular flexibility index (Phi) is 3.74. The van der Waals surface area contributed by atoms with Gasteiger partial charge in [-0.3, -0.25) is 0 Å². The monoisotopic (exact) mass is 185 g/mol. The van der Waals surface area contributed by atoms with Crippen LogP contribution in [0.2, 0.25) is 0 Å². The first-order chi connectivity index (χ1) is 6.02. The van der Waals surface area contributed by atoms with Crippen molar-refractivity contribution < 1.29 is 4.74 Å². The Morgan fingerprint density at radius 1 is 1.23 bits per heavy atom. The quantitative estimate of drug-likeness (QED) is 0.665. The van der Waals surface area contributed by atoms with Crippen molar-refractivity contribution in [1.82, 2.24) is 4.90 Å². The van der Waals surface area contributed by atoms with E-state index >= 15 is 0 Å². The molecule has 1 aliphatic rings. The molecular formula is C11H23NO. The highest BCUT2D eigenvalue weighted by atomic mass is 16.5.